The summed E-state index contributed by atoms with van der Waals surface area (Å²) in [5, 5.41) is 15.8. The van der Waals surface area contributed by atoms with Gasteiger partial charge in [0.15, 0.2) is 0 Å². The largest absolute Gasteiger partial charge is 0.480 e. The van der Waals surface area contributed by atoms with E-state index in [4.69, 9.17) is 0 Å². The van der Waals surface area contributed by atoms with Crippen molar-refractivity contribution >= 4 is 34.6 Å². The van der Waals surface area contributed by atoms with Gasteiger partial charge in [-0.1, -0.05) is 0 Å². The first kappa shape index (κ1) is 14.2. The summed E-state index contributed by atoms with van der Waals surface area (Å²) in [5.74, 6) is -1.25. The van der Waals surface area contributed by atoms with Crippen LogP contribution in [0.1, 0.15) is 30.3 Å². The number of carbonyl (C=O) groups excluding carboxylic acids is 1. The number of likely N-dealkylation sites (tertiary alicyclic amines) is 1. The van der Waals surface area contributed by atoms with Crippen molar-refractivity contribution in [3.63, 3.8) is 0 Å². The van der Waals surface area contributed by atoms with Crippen molar-refractivity contribution in [2.75, 3.05) is 6.54 Å². The van der Waals surface area contributed by atoms with E-state index >= 15 is 0 Å². The van der Waals surface area contributed by atoms with Gasteiger partial charge in [0.2, 0.25) is 0 Å². The Kier molecular flexibility index (Phi) is 3.54. The van der Waals surface area contributed by atoms with Gasteiger partial charge in [0, 0.05) is 22.9 Å². The fourth-order valence-corrected chi connectivity index (χ4v) is 4.05. The third-order valence-electron chi connectivity index (χ3n) is 3.84. The molecule has 1 N–H and O–H groups in total. The van der Waals surface area contributed by atoms with Gasteiger partial charge in [-0.05, 0) is 31.2 Å². The molecule has 0 radical (unpaired) electrons. The molecule has 1 saturated heterocycles. The molecule has 1 fully saturated rings. The summed E-state index contributed by atoms with van der Waals surface area (Å²) in [5.41, 5.74) is 0.200. The predicted octanol–water partition coefficient (Wildman–Crippen LogP) is 2.95. The molecule has 3 rings (SSSR count). The zero-order valence-electron chi connectivity index (χ0n) is 11.4. The molecule has 5 nitrogen and oxygen atoms in total. The lowest BCUT2D eigenvalue weighted by Crippen LogP contribution is -2.50. The summed E-state index contributed by atoms with van der Waals surface area (Å²) < 4.78 is 0. The van der Waals surface area contributed by atoms with Gasteiger partial charge in [0.05, 0.1) is 0 Å². The summed E-state index contributed by atoms with van der Waals surface area (Å²) in [4.78, 5) is 29.8. The molecule has 21 heavy (non-hydrogen) atoms. The Morgan fingerprint density at radius 3 is 2.90 bits per heavy atom. The van der Waals surface area contributed by atoms with E-state index in [-0.39, 0.29) is 5.91 Å². The first-order chi connectivity index (χ1) is 10.0. The molecule has 2 aromatic heterocycles. The molecule has 0 aliphatic carbocycles. The van der Waals surface area contributed by atoms with E-state index < -0.39 is 11.5 Å². The summed E-state index contributed by atoms with van der Waals surface area (Å²) in [6.07, 6.45) is 1.19. The van der Waals surface area contributed by atoms with E-state index in [1.54, 1.807) is 23.6 Å². The summed E-state index contributed by atoms with van der Waals surface area (Å²) >= 11 is 2.98. The molecular formula is C14H14N2O3S2. The van der Waals surface area contributed by atoms with Crippen molar-refractivity contribution in [2.24, 2.45) is 0 Å². The molecule has 7 heteroatoms. The number of carboxylic acids is 1. The highest BCUT2D eigenvalue weighted by Crippen LogP contribution is 2.32. The lowest BCUT2D eigenvalue weighted by molar-refractivity contribution is -0.147. The van der Waals surface area contributed by atoms with Crippen molar-refractivity contribution in [3.05, 3.63) is 27.9 Å². The topological polar surface area (TPSA) is 70.5 Å². The van der Waals surface area contributed by atoms with E-state index in [1.807, 2.05) is 16.8 Å². The van der Waals surface area contributed by atoms with Crippen LogP contribution in [0, 0.1) is 0 Å². The van der Waals surface area contributed by atoms with Gasteiger partial charge in [-0.3, -0.25) is 4.79 Å². The lowest BCUT2D eigenvalue weighted by Gasteiger charge is -2.30. The van der Waals surface area contributed by atoms with Gasteiger partial charge < -0.3 is 10.0 Å². The quantitative estimate of drug-likeness (QED) is 0.943. The van der Waals surface area contributed by atoms with Crippen LogP contribution in [0.15, 0.2) is 22.2 Å². The van der Waals surface area contributed by atoms with E-state index in [2.05, 4.69) is 4.98 Å². The lowest BCUT2D eigenvalue weighted by atomic mass is 9.99. The maximum atomic E-state index is 12.6. The first-order valence-electron chi connectivity index (χ1n) is 6.56. The minimum Gasteiger partial charge on any atom is -0.480 e. The number of thiophene rings is 1. The minimum absolute atomic E-state index is 0.296. The van der Waals surface area contributed by atoms with Crippen LogP contribution in [0.4, 0.5) is 0 Å². The molecule has 1 amide bonds. The van der Waals surface area contributed by atoms with Crippen molar-refractivity contribution in [1.82, 2.24) is 9.88 Å². The number of hydrogen-bond acceptors (Lipinski definition) is 5. The number of thiazole rings is 1. The second kappa shape index (κ2) is 5.23. The molecule has 2 aromatic rings. The van der Waals surface area contributed by atoms with Crippen LogP contribution in [0.3, 0.4) is 0 Å². The second-order valence-electron chi connectivity index (χ2n) is 5.19. The van der Waals surface area contributed by atoms with Gasteiger partial charge in [0.1, 0.15) is 16.2 Å². The first-order valence-corrected chi connectivity index (χ1v) is 8.38. The second-order valence-corrected chi connectivity index (χ2v) is 6.83. The third-order valence-corrected chi connectivity index (χ3v) is 5.41. The van der Waals surface area contributed by atoms with Gasteiger partial charge in [-0.15, -0.1) is 11.3 Å². The smallest absolute Gasteiger partial charge is 0.329 e. The number of amides is 1. The highest BCUT2D eigenvalue weighted by Gasteiger charge is 2.46. The maximum absolute atomic E-state index is 12.6. The molecule has 1 aliphatic heterocycles. The van der Waals surface area contributed by atoms with Crippen molar-refractivity contribution in [2.45, 2.75) is 25.3 Å². The van der Waals surface area contributed by atoms with E-state index in [0.717, 1.165) is 10.6 Å². The number of carbonyl (C=O) groups is 2. The molecule has 3 heterocycles. The number of carboxylic acid groups (broad SMARTS) is 1. The normalized spacial score (nSPS) is 21.7. The van der Waals surface area contributed by atoms with Gasteiger partial charge in [0.25, 0.3) is 5.91 Å². The summed E-state index contributed by atoms with van der Waals surface area (Å²) in [6, 6.07) is 1.95. The molecule has 110 valence electrons. The van der Waals surface area contributed by atoms with E-state index in [1.165, 1.54) is 16.2 Å². The molecule has 0 spiro atoms. The van der Waals surface area contributed by atoms with Gasteiger partial charge >= 0.3 is 5.97 Å². The molecule has 1 aliphatic rings. The van der Waals surface area contributed by atoms with Crippen LogP contribution >= 0.6 is 22.7 Å². The van der Waals surface area contributed by atoms with Gasteiger partial charge in [-0.25, -0.2) is 9.78 Å². The van der Waals surface area contributed by atoms with Gasteiger partial charge in [-0.2, -0.15) is 11.3 Å². The van der Waals surface area contributed by atoms with Crippen LogP contribution < -0.4 is 0 Å². The number of aliphatic carboxylic acids is 1. The highest BCUT2D eigenvalue weighted by atomic mass is 32.1. The minimum atomic E-state index is -1.12. The number of hydrogen-bond donors (Lipinski definition) is 1. The maximum Gasteiger partial charge on any atom is 0.329 e. The predicted molar refractivity (Wildman–Crippen MR) is 81.7 cm³/mol. The Balaban J connectivity index is 1.87. The molecule has 1 atom stereocenters. The Bertz CT molecular complexity index is 680. The number of nitrogens with zero attached hydrogens (tertiary/aromatic N) is 2. The van der Waals surface area contributed by atoms with Crippen molar-refractivity contribution < 1.29 is 14.7 Å². The van der Waals surface area contributed by atoms with Crippen LogP contribution in [0.25, 0.3) is 10.6 Å². The molecule has 0 saturated carbocycles. The monoisotopic (exact) mass is 322 g/mol. The Morgan fingerprint density at radius 1 is 1.43 bits per heavy atom. The Morgan fingerprint density at radius 2 is 2.24 bits per heavy atom. The number of rotatable bonds is 3. The van der Waals surface area contributed by atoms with Crippen LogP contribution in [0.5, 0.6) is 0 Å². The SMILES string of the molecule is CC1(C(=O)O)CCCN1C(=O)c1csc(-c2ccsc2)n1. The van der Waals surface area contributed by atoms with Crippen molar-refractivity contribution in [3.8, 4) is 10.6 Å². The summed E-state index contributed by atoms with van der Waals surface area (Å²) in [6.45, 7) is 2.07. The Labute approximate surface area is 129 Å². The zero-order chi connectivity index (χ0) is 15.0. The average molecular weight is 322 g/mol. The Hall–Kier alpha value is -1.73. The van der Waals surface area contributed by atoms with E-state index in [0.29, 0.717) is 25.1 Å². The van der Waals surface area contributed by atoms with Crippen LogP contribution in [-0.2, 0) is 4.79 Å². The summed E-state index contributed by atoms with van der Waals surface area (Å²) in [7, 11) is 0. The van der Waals surface area contributed by atoms with E-state index in [9.17, 15) is 14.7 Å². The molecule has 0 bridgehead atoms. The van der Waals surface area contributed by atoms with Crippen LogP contribution in [0.2, 0.25) is 0 Å². The van der Waals surface area contributed by atoms with Crippen molar-refractivity contribution in [1.29, 1.82) is 0 Å². The number of aromatic nitrogens is 1. The third kappa shape index (κ3) is 2.36. The van der Waals surface area contributed by atoms with Crippen LogP contribution in [-0.4, -0.2) is 39.0 Å². The average Bonchev–Trinajstić information content (AvgIpc) is 3.18. The molecule has 0 aromatic carbocycles. The standard InChI is InChI=1S/C14H14N2O3S2/c1-14(13(18)19)4-2-5-16(14)12(17)10-8-21-11(15-10)9-3-6-20-7-9/h3,6-8H,2,4-5H2,1H3,(H,18,19). The highest BCUT2D eigenvalue weighted by molar-refractivity contribution is 7.14. The fraction of sp³-hybridized carbons (Fsp3) is 0.357. The zero-order valence-corrected chi connectivity index (χ0v) is 13.0. The molecular weight excluding hydrogens is 308 g/mol. The molecule has 1 unspecified atom stereocenters. The fourth-order valence-electron chi connectivity index (χ4n) is 2.54.